The third kappa shape index (κ3) is 3.83. The van der Waals surface area contributed by atoms with Gasteiger partial charge in [0.1, 0.15) is 18.1 Å². The molecule has 1 aliphatic rings. The fraction of sp³-hybridized carbons (Fsp3) is 0.250. The Morgan fingerprint density at radius 1 is 1.00 bits per heavy atom. The van der Waals surface area contributed by atoms with Crippen molar-refractivity contribution in [1.29, 1.82) is 0 Å². The van der Waals surface area contributed by atoms with Gasteiger partial charge in [0.25, 0.3) is 0 Å². The largest absolute Gasteiger partial charge is 0.496 e. The van der Waals surface area contributed by atoms with E-state index in [-0.39, 0.29) is 6.04 Å². The van der Waals surface area contributed by atoms with Gasteiger partial charge in [0.05, 0.1) is 13.2 Å². The molecule has 0 amide bonds. The van der Waals surface area contributed by atoms with Gasteiger partial charge in [-0.3, -0.25) is 0 Å². The Bertz CT molecular complexity index is 921. The zero-order valence-electron chi connectivity index (χ0n) is 15.9. The molecule has 3 heteroatoms. The van der Waals surface area contributed by atoms with Crippen LogP contribution in [0.3, 0.4) is 0 Å². The highest BCUT2D eigenvalue weighted by atomic mass is 16.5. The normalized spacial score (nSPS) is 15.9. The van der Waals surface area contributed by atoms with Gasteiger partial charge in [0, 0.05) is 6.54 Å². The van der Waals surface area contributed by atoms with Gasteiger partial charge in [-0.25, -0.2) is 0 Å². The molecule has 4 rings (SSSR count). The topological polar surface area (TPSA) is 30.5 Å². The number of aryl methyl sites for hydroxylation is 1. The van der Waals surface area contributed by atoms with E-state index in [0.717, 1.165) is 30.0 Å². The molecule has 138 valence electrons. The summed E-state index contributed by atoms with van der Waals surface area (Å²) in [5.41, 5.74) is 6.30. The molecular weight excluding hydrogens is 334 g/mol. The smallest absolute Gasteiger partial charge is 0.121 e. The van der Waals surface area contributed by atoms with Gasteiger partial charge in [0.15, 0.2) is 0 Å². The molecule has 0 bridgehead atoms. The van der Waals surface area contributed by atoms with Crippen molar-refractivity contribution >= 4 is 0 Å². The maximum absolute atomic E-state index is 6.01. The van der Waals surface area contributed by atoms with Crippen LogP contribution in [-0.2, 0) is 13.0 Å². The lowest BCUT2D eigenvalue weighted by Gasteiger charge is -2.28. The minimum Gasteiger partial charge on any atom is -0.496 e. The lowest BCUT2D eigenvalue weighted by molar-refractivity contribution is 0.305. The van der Waals surface area contributed by atoms with Crippen LogP contribution < -0.4 is 14.8 Å². The molecule has 1 unspecified atom stereocenters. The standard InChI is InChI=1S/C24H25NO2/c1-17-14-20(8-11-23(17)26-2)24-22-10-9-21(15-19(22)12-13-25-24)27-16-18-6-4-3-5-7-18/h3-11,14-15,24-25H,12-13,16H2,1-2H3. The van der Waals surface area contributed by atoms with Crippen molar-refractivity contribution in [2.45, 2.75) is 26.0 Å². The van der Waals surface area contributed by atoms with E-state index >= 15 is 0 Å². The van der Waals surface area contributed by atoms with Gasteiger partial charge < -0.3 is 14.8 Å². The lowest BCUT2D eigenvalue weighted by atomic mass is 9.89. The molecule has 3 nitrogen and oxygen atoms in total. The number of benzene rings is 3. The summed E-state index contributed by atoms with van der Waals surface area (Å²) in [5, 5.41) is 3.65. The first-order valence-corrected chi connectivity index (χ1v) is 9.42. The van der Waals surface area contributed by atoms with Gasteiger partial charge in [0.2, 0.25) is 0 Å². The van der Waals surface area contributed by atoms with Crippen molar-refractivity contribution in [2.75, 3.05) is 13.7 Å². The Morgan fingerprint density at radius 3 is 2.63 bits per heavy atom. The average Bonchev–Trinajstić information content (AvgIpc) is 2.72. The molecule has 0 aliphatic carbocycles. The van der Waals surface area contributed by atoms with Crippen LogP contribution in [0.25, 0.3) is 0 Å². The molecule has 0 spiro atoms. The molecular formula is C24H25NO2. The Hall–Kier alpha value is -2.78. The van der Waals surface area contributed by atoms with Crippen molar-refractivity contribution in [1.82, 2.24) is 5.32 Å². The number of rotatable bonds is 5. The number of methoxy groups -OCH3 is 1. The van der Waals surface area contributed by atoms with Crippen LogP contribution in [-0.4, -0.2) is 13.7 Å². The maximum atomic E-state index is 6.01. The van der Waals surface area contributed by atoms with E-state index < -0.39 is 0 Å². The zero-order valence-corrected chi connectivity index (χ0v) is 15.9. The van der Waals surface area contributed by atoms with Crippen LogP contribution in [0, 0.1) is 6.92 Å². The highest BCUT2D eigenvalue weighted by Crippen LogP contribution is 2.33. The van der Waals surface area contributed by atoms with Crippen LogP contribution >= 0.6 is 0 Å². The molecule has 0 saturated heterocycles. The molecule has 1 N–H and O–H groups in total. The van der Waals surface area contributed by atoms with Gasteiger partial charge in [-0.05, 0) is 59.4 Å². The lowest BCUT2D eigenvalue weighted by Crippen LogP contribution is -2.30. The summed E-state index contributed by atoms with van der Waals surface area (Å²) in [6, 6.07) is 23.4. The van der Waals surface area contributed by atoms with Crippen molar-refractivity contribution < 1.29 is 9.47 Å². The average molecular weight is 359 g/mol. The monoisotopic (exact) mass is 359 g/mol. The van der Waals surface area contributed by atoms with E-state index in [1.54, 1.807) is 7.11 Å². The van der Waals surface area contributed by atoms with Crippen LogP contribution in [0.1, 0.15) is 33.9 Å². The quantitative estimate of drug-likeness (QED) is 0.709. The fourth-order valence-corrected chi connectivity index (χ4v) is 3.75. The summed E-state index contributed by atoms with van der Waals surface area (Å²) >= 11 is 0. The zero-order chi connectivity index (χ0) is 18.6. The predicted octanol–water partition coefficient (Wildman–Crippen LogP) is 4.82. The first kappa shape index (κ1) is 17.6. The van der Waals surface area contributed by atoms with E-state index in [9.17, 15) is 0 Å². The minimum atomic E-state index is 0.210. The first-order chi connectivity index (χ1) is 13.2. The van der Waals surface area contributed by atoms with E-state index in [1.165, 1.54) is 22.3 Å². The van der Waals surface area contributed by atoms with Gasteiger partial charge >= 0.3 is 0 Å². The Balaban J connectivity index is 1.55. The van der Waals surface area contributed by atoms with Crippen molar-refractivity contribution in [3.63, 3.8) is 0 Å². The Labute approximate surface area is 161 Å². The molecule has 0 fully saturated rings. The second-order valence-corrected chi connectivity index (χ2v) is 7.00. The Kier molecular flexibility index (Phi) is 5.12. The summed E-state index contributed by atoms with van der Waals surface area (Å²) in [6.45, 7) is 3.65. The minimum absolute atomic E-state index is 0.210. The van der Waals surface area contributed by atoms with Gasteiger partial charge in [-0.2, -0.15) is 0 Å². The molecule has 3 aromatic rings. The highest BCUT2D eigenvalue weighted by Gasteiger charge is 2.22. The molecule has 1 aliphatic heterocycles. The van der Waals surface area contributed by atoms with Gasteiger partial charge in [-0.1, -0.05) is 48.5 Å². The summed E-state index contributed by atoms with van der Waals surface area (Å²) in [7, 11) is 1.72. The highest BCUT2D eigenvalue weighted by molar-refractivity contribution is 5.46. The van der Waals surface area contributed by atoms with Crippen LogP contribution in [0.4, 0.5) is 0 Å². The molecule has 1 atom stereocenters. The van der Waals surface area contributed by atoms with Crippen molar-refractivity contribution in [2.24, 2.45) is 0 Å². The van der Waals surface area contributed by atoms with E-state index in [0.29, 0.717) is 6.61 Å². The molecule has 1 heterocycles. The van der Waals surface area contributed by atoms with Crippen LogP contribution in [0.2, 0.25) is 0 Å². The number of fused-ring (bicyclic) bond motifs is 1. The summed E-state index contributed by atoms with van der Waals surface area (Å²) in [4.78, 5) is 0. The molecule has 27 heavy (non-hydrogen) atoms. The number of hydrogen-bond acceptors (Lipinski definition) is 3. The third-order valence-electron chi connectivity index (χ3n) is 5.17. The second-order valence-electron chi connectivity index (χ2n) is 7.00. The number of nitrogens with one attached hydrogen (secondary N) is 1. The van der Waals surface area contributed by atoms with Crippen LogP contribution in [0.5, 0.6) is 11.5 Å². The Morgan fingerprint density at radius 2 is 1.85 bits per heavy atom. The first-order valence-electron chi connectivity index (χ1n) is 9.42. The summed E-state index contributed by atoms with van der Waals surface area (Å²) < 4.78 is 11.4. The molecule has 3 aromatic carbocycles. The predicted molar refractivity (Wildman–Crippen MR) is 108 cm³/mol. The fourth-order valence-electron chi connectivity index (χ4n) is 3.75. The van der Waals surface area contributed by atoms with E-state index in [2.05, 4.69) is 60.8 Å². The summed E-state index contributed by atoms with van der Waals surface area (Å²) in [6.07, 6.45) is 1.02. The van der Waals surface area contributed by atoms with Crippen molar-refractivity contribution in [3.05, 3.63) is 94.5 Å². The maximum Gasteiger partial charge on any atom is 0.121 e. The van der Waals surface area contributed by atoms with Gasteiger partial charge in [-0.15, -0.1) is 0 Å². The van der Waals surface area contributed by atoms with Crippen molar-refractivity contribution in [3.8, 4) is 11.5 Å². The molecule has 0 saturated carbocycles. The molecule has 0 aromatic heterocycles. The summed E-state index contributed by atoms with van der Waals surface area (Å²) in [5.74, 6) is 1.86. The van der Waals surface area contributed by atoms with E-state index in [1.807, 2.05) is 18.2 Å². The second kappa shape index (κ2) is 7.85. The third-order valence-corrected chi connectivity index (χ3v) is 5.17. The van der Waals surface area contributed by atoms with E-state index in [4.69, 9.17) is 9.47 Å². The van der Waals surface area contributed by atoms with Crippen LogP contribution in [0.15, 0.2) is 66.7 Å². The SMILES string of the molecule is COc1ccc(C2NCCc3cc(OCc4ccccc4)ccc32)cc1C. The number of ether oxygens (including phenoxy) is 2. The number of hydrogen-bond donors (Lipinski definition) is 1. The molecule has 0 radical (unpaired) electrons.